The van der Waals surface area contributed by atoms with E-state index in [-0.39, 0.29) is 11.2 Å². The Morgan fingerprint density at radius 2 is 1.91 bits per heavy atom. The molecule has 23 heavy (non-hydrogen) atoms. The van der Waals surface area contributed by atoms with Crippen molar-refractivity contribution in [2.75, 3.05) is 0 Å². The highest BCUT2D eigenvalue weighted by Crippen LogP contribution is 2.19. The number of hydrogen-bond acceptors (Lipinski definition) is 4. The Bertz CT molecular complexity index is 853. The summed E-state index contributed by atoms with van der Waals surface area (Å²) in [5.41, 5.74) is 5.44. The molecule has 6 heteroatoms. The maximum atomic E-state index is 12.4. The second-order valence-corrected chi connectivity index (χ2v) is 5.50. The van der Waals surface area contributed by atoms with Crippen molar-refractivity contribution in [3.63, 3.8) is 0 Å². The Balaban J connectivity index is 1.87. The molecule has 1 aliphatic rings. The molecule has 0 aliphatic heterocycles. The van der Waals surface area contributed by atoms with Crippen LogP contribution in [0, 0.1) is 5.92 Å². The third-order valence-electron chi connectivity index (χ3n) is 3.97. The van der Waals surface area contributed by atoms with Gasteiger partial charge in [-0.15, -0.1) is 0 Å². The molecule has 3 N–H and O–H groups in total. The van der Waals surface area contributed by atoms with Crippen molar-refractivity contribution in [1.82, 2.24) is 5.32 Å². The Labute approximate surface area is 132 Å². The number of fused-ring (bicyclic) bond motifs is 1. The lowest BCUT2D eigenvalue weighted by atomic mass is 9.88. The molecule has 0 bridgehead atoms. The molecular formula is C17H16N2O4. The highest BCUT2D eigenvalue weighted by molar-refractivity contribution is 5.93. The summed E-state index contributed by atoms with van der Waals surface area (Å²) in [5, 5.41) is 3.15. The molecule has 0 unspecified atom stereocenters. The average molecular weight is 312 g/mol. The van der Waals surface area contributed by atoms with Crippen LogP contribution in [0.15, 0.2) is 51.7 Å². The normalized spacial score (nSPS) is 20.3. The van der Waals surface area contributed by atoms with Crippen molar-refractivity contribution < 1.29 is 14.0 Å². The first kappa shape index (κ1) is 15.0. The van der Waals surface area contributed by atoms with Gasteiger partial charge < -0.3 is 15.5 Å². The lowest BCUT2D eigenvalue weighted by molar-refractivity contribution is -0.122. The molecule has 0 saturated carbocycles. The van der Waals surface area contributed by atoms with Gasteiger partial charge in [0, 0.05) is 12.1 Å². The number of rotatable bonds is 3. The summed E-state index contributed by atoms with van der Waals surface area (Å²) in [7, 11) is 0. The molecule has 0 radical (unpaired) electrons. The van der Waals surface area contributed by atoms with Crippen LogP contribution >= 0.6 is 0 Å². The highest BCUT2D eigenvalue weighted by atomic mass is 16.3. The molecule has 6 nitrogen and oxygen atoms in total. The second kappa shape index (κ2) is 6.08. The van der Waals surface area contributed by atoms with E-state index in [0.717, 1.165) is 6.07 Å². The fourth-order valence-corrected chi connectivity index (χ4v) is 2.74. The smallest absolute Gasteiger partial charge is 0.287 e. The summed E-state index contributed by atoms with van der Waals surface area (Å²) >= 11 is 0. The number of carbonyl (C=O) groups is 2. The second-order valence-electron chi connectivity index (χ2n) is 5.50. The van der Waals surface area contributed by atoms with Crippen molar-refractivity contribution in [2.45, 2.75) is 18.9 Å². The predicted octanol–water partition coefficient (Wildman–Crippen LogP) is 1.34. The summed E-state index contributed by atoms with van der Waals surface area (Å²) < 4.78 is 5.50. The number of allylic oxidation sites excluding steroid dienone is 1. The first-order chi connectivity index (χ1) is 11.1. The van der Waals surface area contributed by atoms with Gasteiger partial charge >= 0.3 is 0 Å². The zero-order valence-corrected chi connectivity index (χ0v) is 12.3. The van der Waals surface area contributed by atoms with Crippen LogP contribution < -0.4 is 16.5 Å². The van der Waals surface area contributed by atoms with Gasteiger partial charge in [-0.3, -0.25) is 14.4 Å². The monoisotopic (exact) mass is 312 g/mol. The first-order valence-corrected chi connectivity index (χ1v) is 7.34. The van der Waals surface area contributed by atoms with Crippen LogP contribution in [0.3, 0.4) is 0 Å². The van der Waals surface area contributed by atoms with Gasteiger partial charge in [0.05, 0.1) is 11.3 Å². The zero-order chi connectivity index (χ0) is 16.4. The van der Waals surface area contributed by atoms with E-state index in [1.165, 1.54) is 0 Å². The van der Waals surface area contributed by atoms with Gasteiger partial charge in [0.15, 0.2) is 11.2 Å². The van der Waals surface area contributed by atoms with E-state index in [1.807, 2.05) is 12.2 Å². The van der Waals surface area contributed by atoms with Gasteiger partial charge in [0.25, 0.3) is 5.91 Å². The molecule has 0 fully saturated rings. The summed E-state index contributed by atoms with van der Waals surface area (Å²) in [6, 6.07) is 7.48. The molecule has 0 spiro atoms. The van der Waals surface area contributed by atoms with E-state index in [2.05, 4.69) is 5.32 Å². The summed E-state index contributed by atoms with van der Waals surface area (Å²) in [6.45, 7) is 0. The molecule has 1 aromatic heterocycles. The third kappa shape index (κ3) is 3.01. The maximum absolute atomic E-state index is 12.4. The van der Waals surface area contributed by atoms with Crippen LogP contribution in [0.1, 0.15) is 23.4 Å². The molecule has 3 rings (SSSR count). The van der Waals surface area contributed by atoms with Crippen molar-refractivity contribution in [3.05, 3.63) is 58.5 Å². The van der Waals surface area contributed by atoms with Gasteiger partial charge in [-0.25, -0.2) is 0 Å². The van der Waals surface area contributed by atoms with Gasteiger partial charge in [0.2, 0.25) is 5.91 Å². The van der Waals surface area contributed by atoms with Crippen molar-refractivity contribution in [2.24, 2.45) is 11.7 Å². The number of para-hydroxylation sites is 1. The van der Waals surface area contributed by atoms with Crippen LogP contribution in [-0.2, 0) is 4.79 Å². The average Bonchev–Trinajstić information content (AvgIpc) is 2.55. The van der Waals surface area contributed by atoms with Gasteiger partial charge in [-0.05, 0) is 25.0 Å². The molecule has 1 aliphatic carbocycles. The van der Waals surface area contributed by atoms with E-state index < -0.39 is 23.8 Å². The largest absolute Gasteiger partial charge is 0.451 e. The maximum Gasteiger partial charge on any atom is 0.287 e. The number of amides is 2. The minimum Gasteiger partial charge on any atom is -0.451 e. The molecule has 2 atom stereocenters. The molecule has 1 aromatic carbocycles. The predicted molar refractivity (Wildman–Crippen MR) is 84.8 cm³/mol. The third-order valence-corrected chi connectivity index (χ3v) is 3.97. The van der Waals surface area contributed by atoms with E-state index in [4.69, 9.17) is 10.2 Å². The van der Waals surface area contributed by atoms with Crippen molar-refractivity contribution >= 4 is 22.8 Å². The minimum atomic E-state index is -0.528. The molecule has 0 saturated heterocycles. The Morgan fingerprint density at radius 1 is 1.17 bits per heavy atom. The molecule has 2 amide bonds. The van der Waals surface area contributed by atoms with Crippen LogP contribution in [0.5, 0.6) is 0 Å². The molecule has 118 valence electrons. The van der Waals surface area contributed by atoms with Crippen LogP contribution in [0.25, 0.3) is 11.0 Å². The standard InChI is InChI=1S/C17H16N2O4/c18-16(21)10-5-1-3-7-12(10)19-17(22)15-9-13(20)11-6-2-4-8-14(11)23-15/h1-4,6,8-10,12H,5,7H2,(H2,18,21)(H,19,22)/t10-,12-/m1/s1. The van der Waals surface area contributed by atoms with E-state index in [0.29, 0.717) is 23.8 Å². The van der Waals surface area contributed by atoms with Gasteiger partial charge in [0.1, 0.15) is 5.58 Å². The fourth-order valence-electron chi connectivity index (χ4n) is 2.74. The molecule has 2 aromatic rings. The number of carbonyl (C=O) groups excluding carboxylic acids is 2. The van der Waals surface area contributed by atoms with Gasteiger partial charge in [-0.1, -0.05) is 24.3 Å². The van der Waals surface area contributed by atoms with Crippen LogP contribution in [0.4, 0.5) is 0 Å². The molecule has 1 heterocycles. The van der Waals surface area contributed by atoms with E-state index in [1.54, 1.807) is 24.3 Å². The highest BCUT2D eigenvalue weighted by Gasteiger charge is 2.29. The zero-order valence-electron chi connectivity index (χ0n) is 12.3. The number of benzene rings is 1. The van der Waals surface area contributed by atoms with E-state index in [9.17, 15) is 14.4 Å². The van der Waals surface area contributed by atoms with Crippen molar-refractivity contribution in [1.29, 1.82) is 0 Å². The fraction of sp³-hybridized carbons (Fsp3) is 0.235. The minimum absolute atomic E-state index is 0.0773. The number of nitrogens with one attached hydrogen (secondary N) is 1. The number of primary amides is 1. The summed E-state index contributed by atoms with van der Waals surface area (Å²) in [6.07, 6.45) is 4.76. The Hall–Kier alpha value is -2.89. The molecular weight excluding hydrogens is 296 g/mol. The lowest BCUT2D eigenvalue weighted by Crippen LogP contribution is -2.46. The van der Waals surface area contributed by atoms with E-state index >= 15 is 0 Å². The SMILES string of the molecule is NC(=O)[C@@H]1CC=CC[C@H]1NC(=O)c1cc(=O)c2ccccc2o1. The first-order valence-electron chi connectivity index (χ1n) is 7.34. The lowest BCUT2D eigenvalue weighted by Gasteiger charge is -2.26. The van der Waals surface area contributed by atoms with Crippen molar-refractivity contribution in [3.8, 4) is 0 Å². The summed E-state index contributed by atoms with van der Waals surface area (Å²) in [5.74, 6) is -1.53. The Kier molecular flexibility index (Phi) is 3.97. The summed E-state index contributed by atoms with van der Waals surface area (Å²) in [4.78, 5) is 35.9. The van der Waals surface area contributed by atoms with Gasteiger partial charge in [-0.2, -0.15) is 0 Å². The van der Waals surface area contributed by atoms with Crippen LogP contribution in [0.2, 0.25) is 0 Å². The topological polar surface area (TPSA) is 102 Å². The Morgan fingerprint density at radius 3 is 2.70 bits per heavy atom. The van der Waals surface area contributed by atoms with Crippen LogP contribution in [-0.4, -0.2) is 17.9 Å². The number of hydrogen-bond donors (Lipinski definition) is 2. The quantitative estimate of drug-likeness (QED) is 0.835. The number of nitrogens with two attached hydrogens (primary N) is 1.